The minimum Gasteiger partial charge on any atom is -0.490 e. The molecular weight excluding hydrogens is 378 g/mol. The van der Waals surface area contributed by atoms with Crippen LogP contribution in [-0.2, 0) is 4.79 Å². The van der Waals surface area contributed by atoms with Crippen molar-refractivity contribution in [3.8, 4) is 11.5 Å². The molecule has 0 aliphatic heterocycles. The van der Waals surface area contributed by atoms with Crippen molar-refractivity contribution in [2.75, 3.05) is 24.3 Å². The third-order valence-corrected chi connectivity index (χ3v) is 4.75. The molecular formula is C19H23N5O3S. The summed E-state index contributed by atoms with van der Waals surface area (Å²) in [4.78, 5) is 16.8. The van der Waals surface area contributed by atoms with Gasteiger partial charge in [0.25, 0.3) is 0 Å². The molecule has 1 amide bonds. The lowest BCUT2D eigenvalue weighted by atomic mass is 10.2. The molecule has 1 N–H and O–H groups in total. The van der Waals surface area contributed by atoms with Crippen LogP contribution in [0.2, 0.25) is 0 Å². The quantitative estimate of drug-likeness (QED) is 0.579. The van der Waals surface area contributed by atoms with Gasteiger partial charge in [-0.3, -0.25) is 9.20 Å². The van der Waals surface area contributed by atoms with E-state index in [2.05, 4.69) is 20.5 Å². The monoisotopic (exact) mass is 401 g/mol. The lowest BCUT2D eigenvalue weighted by Gasteiger charge is -2.13. The molecule has 0 unspecified atom stereocenters. The van der Waals surface area contributed by atoms with E-state index in [-0.39, 0.29) is 11.7 Å². The number of hydrogen-bond donors (Lipinski definition) is 1. The van der Waals surface area contributed by atoms with Gasteiger partial charge in [0.05, 0.1) is 19.0 Å². The highest BCUT2D eigenvalue weighted by atomic mass is 32.2. The van der Waals surface area contributed by atoms with Crippen molar-refractivity contribution in [2.24, 2.45) is 0 Å². The van der Waals surface area contributed by atoms with Gasteiger partial charge >= 0.3 is 0 Å². The molecule has 0 spiro atoms. The normalized spacial score (nSPS) is 10.9. The van der Waals surface area contributed by atoms with Crippen LogP contribution in [0.1, 0.15) is 25.4 Å². The first-order chi connectivity index (χ1) is 13.5. The van der Waals surface area contributed by atoms with E-state index < -0.39 is 0 Å². The molecule has 0 aliphatic carbocycles. The summed E-state index contributed by atoms with van der Waals surface area (Å²) in [6, 6.07) is 7.21. The molecule has 0 saturated carbocycles. The minimum atomic E-state index is -0.147. The molecule has 0 radical (unpaired) electrons. The Morgan fingerprint density at radius 3 is 2.61 bits per heavy atom. The lowest BCUT2D eigenvalue weighted by Crippen LogP contribution is -2.14. The van der Waals surface area contributed by atoms with Gasteiger partial charge in [-0.2, -0.15) is 0 Å². The number of carbonyl (C=O) groups is 1. The lowest BCUT2D eigenvalue weighted by molar-refractivity contribution is -0.113. The topological polar surface area (TPSA) is 90.6 Å². The van der Waals surface area contributed by atoms with Crippen molar-refractivity contribution in [3.05, 3.63) is 35.8 Å². The third kappa shape index (κ3) is 4.53. The fourth-order valence-electron chi connectivity index (χ4n) is 2.75. The number of anilines is 1. The van der Waals surface area contributed by atoms with E-state index in [4.69, 9.17) is 9.47 Å². The van der Waals surface area contributed by atoms with Crippen molar-refractivity contribution in [1.29, 1.82) is 0 Å². The summed E-state index contributed by atoms with van der Waals surface area (Å²) in [6.45, 7) is 8.68. The van der Waals surface area contributed by atoms with Crippen LogP contribution in [0.15, 0.2) is 29.4 Å². The van der Waals surface area contributed by atoms with Gasteiger partial charge in [-0.1, -0.05) is 11.8 Å². The molecule has 9 heteroatoms. The molecule has 2 heterocycles. The van der Waals surface area contributed by atoms with E-state index >= 15 is 0 Å². The number of benzene rings is 1. The van der Waals surface area contributed by atoms with Crippen molar-refractivity contribution >= 4 is 29.0 Å². The standard InChI is InChI=1S/C19H23N5O3S/c1-5-26-15-8-7-14(10-16(15)27-6-2)21-18(25)11-28-19-23-22-17-9-12(3)20-13(4)24(17)19/h7-10H,5-6,11H2,1-4H3,(H,21,25). The van der Waals surface area contributed by atoms with Gasteiger partial charge in [0.15, 0.2) is 22.3 Å². The molecule has 0 bridgehead atoms. The van der Waals surface area contributed by atoms with Crippen molar-refractivity contribution < 1.29 is 14.3 Å². The van der Waals surface area contributed by atoms with E-state index in [1.54, 1.807) is 18.2 Å². The molecule has 1 aromatic carbocycles. The largest absolute Gasteiger partial charge is 0.490 e. The Bertz CT molecular complexity index is 989. The zero-order chi connectivity index (χ0) is 20.1. The van der Waals surface area contributed by atoms with Gasteiger partial charge in [-0.15, -0.1) is 10.2 Å². The molecule has 8 nitrogen and oxygen atoms in total. The van der Waals surface area contributed by atoms with Crippen LogP contribution < -0.4 is 14.8 Å². The number of aromatic nitrogens is 4. The van der Waals surface area contributed by atoms with E-state index in [0.29, 0.717) is 35.6 Å². The maximum atomic E-state index is 12.4. The molecule has 28 heavy (non-hydrogen) atoms. The second-order valence-corrected chi connectivity index (χ2v) is 6.93. The Balaban J connectivity index is 1.67. The molecule has 3 aromatic rings. The molecule has 0 fully saturated rings. The first-order valence-corrected chi connectivity index (χ1v) is 10.0. The zero-order valence-electron chi connectivity index (χ0n) is 16.4. The SMILES string of the molecule is CCOc1ccc(NC(=O)CSc2nnc3cc(C)nc(C)n23)cc1OCC. The number of nitrogens with zero attached hydrogens (tertiary/aromatic N) is 4. The first kappa shape index (κ1) is 19.9. The van der Waals surface area contributed by atoms with Gasteiger partial charge in [-0.05, 0) is 39.8 Å². The van der Waals surface area contributed by atoms with Crippen LogP contribution in [0.25, 0.3) is 5.65 Å². The van der Waals surface area contributed by atoms with Crippen LogP contribution in [0, 0.1) is 13.8 Å². The van der Waals surface area contributed by atoms with Gasteiger partial charge in [0.2, 0.25) is 5.91 Å². The number of ether oxygens (including phenoxy) is 2. The molecule has 0 atom stereocenters. The van der Waals surface area contributed by atoms with E-state index in [1.807, 2.05) is 38.2 Å². The highest BCUT2D eigenvalue weighted by Crippen LogP contribution is 2.30. The average molecular weight is 401 g/mol. The van der Waals surface area contributed by atoms with Crippen LogP contribution >= 0.6 is 11.8 Å². The second kappa shape index (κ2) is 8.92. The van der Waals surface area contributed by atoms with Crippen LogP contribution in [0.5, 0.6) is 11.5 Å². The zero-order valence-corrected chi connectivity index (χ0v) is 17.2. The molecule has 0 aliphatic rings. The fraction of sp³-hybridized carbons (Fsp3) is 0.368. The number of fused-ring (bicyclic) bond motifs is 1. The van der Waals surface area contributed by atoms with E-state index in [1.165, 1.54) is 11.8 Å². The number of hydrogen-bond acceptors (Lipinski definition) is 7. The second-order valence-electron chi connectivity index (χ2n) is 5.99. The number of amides is 1. The molecule has 3 rings (SSSR count). The van der Waals surface area contributed by atoms with Crippen molar-refractivity contribution in [3.63, 3.8) is 0 Å². The number of carbonyl (C=O) groups excluding carboxylic acids is 1. The number of nitrogens with one attached hydrogen (secondary N) is 1. The summed E-state index contributed by atoms with van der Waals surface area (Å²) in [7, 11) is 0. The average Bonchev–Trinajstić information content (AvgIpc) is 3.05. The van der Waals surface area contributed by atoms with Gasteiger partial charge < -0.3 is 14.8 Å². The number of thioether (sulfide) groups is 1. The predicted octanol–water partition coefficient (Wildman–Crippen LogP) is 3.27. The summed E-state index contributed by atoms with van der Waals surface area (Å²) in [6.07, 6.45) is 0. The van der Waals surface area contributed by atoms with Gasteiger partial charge in [-0.25, -0.2) is 4.98 Å². The minimum absolute atomic E-state index is 0.147. The molecule has 0 saturated heterocycles. The van der Waals surface area contributed by atoms with E-state index in [0.717, 1.165) is 17.2 Å². The summed E-state index contributed by atoms with van der Waals surface area (Å²) < 4.78 is 13.0. The summed E-state index contributed by atoms with van der Waals surface area (Å²) in [5.74, 6) is 2.10. The maximum absolute atomic E-state index is 12.4. The maximum Gasteiger partial charge on any atom is 0.234 e. The summed E-state index contributed by atoms with van der Waals surface area (Å²) in [5, 5.41) is 11.8. The Labute approximate surface area is 167 Å². The van der Waals surface area contributed by atoms with Crippen molar-refractivity contribution in [2.45, 2.75) is 32.9 Å². The molecule has 2 aromatic heterocycles. The van der Waals surface area contributed by atoms with Crippen LogP contribution in [-0.4, -0.2) is 44.5 Å². The van der Waals surface area contributed by atoms with E-state index in [9.17, 15) is 4.79 Å². The van der Waals surface area contributed by atoms with Crippen LogP contribution in [0.4, 0.5) is 5.69 Å². The summed E-state index contributed by atoms with van der Waals surface area (Å²) >= 11 is 1.31. The Morgan fingerprint density at radius 1 is 1.11 bits per heavy atom. The number of aryl methyl sites for hydroxylation is 2. The van der Waals surface area contributed by atoms with Gasteiger partial charge in [0, 0.05) is 23.5 Å². The first-order valence-electron chi connectivity index (χ1n) is 9.03. The predicted molar refractivity (Wildman–Crippen MR) is 108 cm³/mol. The number of rotatable bonds is 8. The van der Waals surface area contributed by atoms with Crippen LogP contribution in [0.3, 0.4) is 0 Å². The Kier molecular flexibility index (Phi) is 6.35. The van der Waals surface area contributed by atoms with Gasteiger partial charge in [0.1, 0.15) is 5.82 Å². The summed E-state index contributed by atoms with van der Waals surface area (Å²) in [5.41, 5.74) is 2.25. The fourth-order valence-corrected chi connectivity index (χ4v) is 3.54. The molecule has 148 valence electrons. The smallest absolute Gasteiger partial charge is 0.234 e. The highest BCUT2D eigenvalue weighted by Gasteiger charge is 2.13. The Hall–Kier alpha value is -2.81. The third-order valence-electron chi connectivity index (χ3n) is 3.82. The van der Waals surface area contributed by atoms with Crippen molar-refractivity contribution in [1.82, 2.24) is 19.6 Å². The Morgan fingerprint density at radius 2 is 1.86 bits per heavy atom. The highest BCUT2D eigenvalue weighted by molar-refractivity contribution is 7.99.